The van der Waals surface area contributed by atoms with Gasteiger partial charge in [0.2, 0.25) is 0 Å². The van der Waals surface area contributed by atoms with Gasteiger partial charge in [-0.3, -0.25) is 14.7 Å². The molecule has 0 aromatic carbocycles. The van der Waals surface area contributed by atoms with E-state index >= 15 is 0 Å². The Hall–Kier alpha value is -2.75. The van der Waals surface area contributed by atoms with Crippen molar-refractivity contribution in [3.05, 3.63) is 41.1 Å². The van der Waals surface area contributed by atoms with Gasteiger partial charge in [0, 0.05) is 18.7 Å². The lowest BCUT2D eigenvalue weighted by molar-refractivity contribution is -0.136. The lowest BCUT2D eigenvalue weighted by Gasteiger charge is -2.29. The minimum Gasteiger partial charge on any atom is -0.466 e. The number of aromatic nitrogens is 1. The van der Waals surface area contributed by atoms with Crippen LogP contribution in [0.5, 0.6) is 0 Å². The van der Waals surface area contributed by atoms with Crippen molar-refractivity contribution >= 4 is 17.6 Å². The minimum absolute atomic E-state index is 0.102. The maximum atomic E-state index is 13.9. The van der Waals surface area contributed by atoms with Crippen molar-refractivity contribution in [3.8, 4) is 0 Å². The van der Waals surface area contributed by atoms with Crippen molar-refractivity contribution in [3.63, 3.8) is 0 Å². The summed E-state index contributed by atoms with van der Waals surface area (Å²) < 4.78 is 45.9. The zero-order valence-electron chi connectivity index (χ0n) is 16.2. The highest BCUT2D eigenvalue weighted by atomic mass is 19.3. The molecule has 7 nitrogen and oxygen atoms in total. The number of alkyl halides is 2. The first-order chi connectivity index (χ1) is 13.6. The van der Waals surface area contributed by atoms with Gasteiger partial charge in [-0.05, 0) is 26.0 Å². The van der Waals surface area contributed by atoms with Crippen LogP contribution in [0.15, 0.2) is 34.6 Å². The van der Waals surface area contributed by atoms with E-state index in [1.165, 1.54) is 31.1 Å². The summed E-state index contributed by atoms with van der Waals surface area (Å²) in [6.45, 7) is 2.21. The topological polar surface area (TPSA) is 83.9 Å². The number of carbonyl (C=O) groups is 2. The number of likely N-dealkylation sites (tertiary alicyclic amines) is 1. The molecule has 1 fully saturated rings. The fourth-order valence-corrected chi connectivity index (χ4v) is 3.58. The molecular formula is C19H21F3N4O3. The second-order valence-electron chi connectivity index (χ2n) is 7.12. The molecule has 1 N–H and O–H groups in total. The zero-order chi connectivity index (χ0) is 21.3. The molecule has 1 aromatic rings. The molecule has 0 saturated carbocycles. The molecule has 3 heterocycles. The largest absolute Gasteiger partial charge is 0.466 e. The Morgan fingerprint density at radius 3 is 2.69 bits per heavy atom. The van der Waals surface area contributed by atoms with Crippen LogP contribution >= 0.6 is 0 Å². The third-order valence-electron chi connectivity index (χ3n) is 4.91. The predicted molar refractivity (Wildman–Crippen MR) is 98.0 cm³/mol. The number of aliphatic imine (C=N–C) groups is 1. The van der Waals surface area contributed by atoms with Gasteiger partial charge in [-0.2, -0.15) is 0 Å². The van der Waals surface area contributed by atoms with Crippen molar-refractivity contribution in [1.82, 2.24) is 15.2 Å². The van der Waals surface area contributed by atoms with Crippen LogP contribution < -0.4 is 5.32 Å². The summed E-state index contributed by atoms with van der Waals surface area (Å²) in [6.07, 6.45) is 0.454. The summed E-state index contributed by atoms with van der Waals surface area (Å²) in [5, 5.41) is 2.94. The number of pyridine rings is 1. The second kappa shape index (κ2) is 7.94. The lowest BCUT2D eigenvalue weighted by Crippen LogP contribution is -2.44. The van der Waals surface area contributed by atoms with Gasteiger partial charge >= 0.3 is 5.97 Å². The molecule has 10 heteroatoms. The first-order valence-electron chi connectivity index (χ1n) is 9.01. The van der Waals surface area contributed by atoms with E-state index in [1.807, 2.05) is 0 Å². The lowest BCUT2D eigenvalue weighted by atomic mass is 10.0. The Morgan fingerprint density at radius 1 is 1.38 bits per heavy atom. The summed E-state index contributed by atoms with van der Waals surface area (Å²) in [6, 6.07) is 1.01. The molecule has 0 aliphatic carbocycles. The van der Waals surface area contributed by atoms with E-state index in [2.05, 4.69) is 15.3 Å². The zero-order valence-corrected chi connectivity index (χ0v) is 16.2. The van der Waals surface area contributed by atoms with Crippen LogP contribution in [0.1, 0.15) is 26.0 Å². The number of Topliss-reactive ketones (excluding diaryl/α,β-unsaturated/α-hetero) is 1. The van der Waals surface area contributed by atoms with E-state index in [0.717, 1.165) is 6.20 Å². The van der Waals surface area contributed by atoms with Crippen molar-refractivity contribution in [1.29, 1.82) is 0 Å². The van der Waals surface area contributed by atoms with Gasteiger partial charge < -0.3 is 10.1 Å². The van der Waals surface area contributed by atoms with Gasteiger partial charge in [-0.25, -0.2) is 22.9 Å². The number of carbonyl (C=O) groups excluding carboxylic acids is 2. The summed E-state index contributed by atoms with van der Waals surface area (Å²) in [4.78, 5) is 33.8. The molecule has 156 valence electrons. The number of esters is 1. The molecule has 1 saturated heterocycles. The van der Waals surface area contributed by atoms with E-state index in [1.54, 1.807) is 6.92 Å². The SMILES string of the molecule is COC(=O)C1=C(CN2CC(F)(F)CC2C(C)=O)NC(c2ccc(F)cn2)=NC1C. The van der Waals surface area contributed by atoms with Crippen molar-refractivity contribution in [2.24, 2.45) is 4.99 Å². The Bertz CT molecular complexity index is 883. The van der Waals surface area contributed by atoms with E-state index < -0.39 is 42.8 Å². The predicted octanol–water partition coefficient (Wildman–Crippen LogP) is 1.68. The molecule has 1 aromatic heterocycles. The molecule has 3 rings (SSSR count). The number of methoxy groups -OCH3 is 1. The molecule has 29 heavy (non-hydrogen) atoms. The number of nitrogens with zero attached hydrogens (tertiary/aromatic N) is 3. The Balaban J connectivity index is 1.94. The van der Waals surface area contributed by atoms with Crippen LogP contribution in [-0.4, -0.2) is 65.7 Å². The number of ketones is 1. The Kier molecular flexibility index (Phi) is 5.74. The van der Waals surface area contributed by atoms with Crippen molar-refractivity contribution < 1.29 is 27.5 Å². The van der Waals surface area contributed by atoms with E-state index in [-0.39, 0.29) is 23.7 Å². The molecular weight excluding hydrogens is 389 g/mol. The van der Waals surface area contributed by atoms with Crippen LogP contribution in [0.25, 0.3) is 0 Å². The van der Waals surface area contributed by atoms with Gasteiger partial charge in [-0.15, -0.1) is 0 Å². The third kappa shape index (κ3) is 4.47. The molecule has 0 bridgehead atoms. The quantitative estimate of drug-likeness (QED) is 0.744. The van der Waals surface area contributed by atoms with Crippen LogP contribution in [-0.2, 0) is 14.3 Å². The summed E-state index contributed by atoms with van der Waals surface area (Å²) in [5.74, 6) is -4.28. The Morgan fingerprint density at radius 2 is 2.10 bits per heavy atom. The highest BCUT2D eigenvalue weighted by molar-refractivity contribution is 6.02. The maximum Gasteiger partial charge on any atom is 0.337 e. The summed E-state index contributed by atoms with van der Waals surface area (Å²) >= 11 is 0. The third-order valence-corrected chi connectivity index (χ3v) is 4.91. The smallest absolute Gasteiger partial charge is 0.337 e. The van der Waals surface area contributed by atoms with Gasteiger partial charge in [0.15, 0.2) is 5.84 Å². The van der Waals surface area contributed by atoms with Crippen LogP contribution in [0.3, 0.4) is 0 Å². The number of nitrogens with one attached hydrogen (secondary N) is 1. The average molecular weight is 410 g/mol. The molecule has 0 amide bonds. The van der Waals surface area contributed by atoms with E-state index in [9.17, 15) is 22.8 Å². The van der Waals surface area contributed by atoms with Crippen LogP contribution in [0, 0.1) is 5.82 Å². The van der Waals surface area contributed by atoms with Crippen molar-refractivity contribution in [2.75, 3.05) is 20.2 Å². The Labute approximate surface area is 165 Å². The highest BCUT2D eigenvalue weighted by Crippen LogP contribution is 2.33. The molecule has 0 radical (unpaired) electrons. The number of ether oxygens (including phenoxy) is 1. The van der Waals surface area contributed by atoms with Gasteiger partial charge in [0.1, 0.15) is 17.3 Å². The standard InChI is InChI=1S/C19H21F3N4O3/c1-10-16(18(28)29-3)14(8-26-9-19(21,22)6-15(26)11(2)27)25-17(24-10)13-5-4-12(20)7-23-13/h4-5,7,10,15H,6,8-9H2,1-3H3,(H,24,25). The fourth-order valence-electron chi connectivity index (χ4n) is 3.58. The molecule has 2 aliphatic heterocycles. The number of hydrogen-bond donors (Lipinski definition) is 1. The highest BCUT2D eigenvalue weighted by Gasteiger charge is 2.47. The number of halogens is 3. The first-order valence-corrected chi connectivity index (χ1v) is 9.01. The van der Waals surface area contributed by atoms with Gasteiger partial charge in [0.05, 0.1) is 37.5 Å². The average Bonchev–Trinajstić information content (AvgIpc) is 2.96. The number of hydrogen-bond acceptors (Lipinski definition) is 7. The first kappa shape index (κ1) is 21.0. The number of rotatable bonds is 5. The van der Waals surface area contributed by atoms with Gasteiger partial charge in [0.25, 0.3) is 5.92 Å². The molecule has 2 aliphatic rings. The summed E-state index contributed by atoms with van der Waals surface area (Å²) in [5.41, 5.74) is 0.801. The molecule has 0 spiro atoms. The van der Waals surface area contributed by atoms with Crippen molar-refractivity contribution in [2.45, 2.75) is 38.3 Å². The monoisotopic (exact) mass is 410 g/mol. The minimum atomic E-state index is -3.00. The number of amidine groups is 1. The molecule has 2 atom stereocenters. The van der Waals surface area contributed by atoms with E-state index in [0.29, 0.717) is 11.4 Å². The fraction of sp³-hybridized carbons (Fsp3) is 0.474. The second-order valence-corrected chi connectivity index (χ2v) is 7.12. The maximum absolute atomic E-state index is 13.9. The van der Waals surface area contributed by atoms with Crippen LogP contribution in [0.4, 0.5) is 13.2 Å². The molecule has 2 unspecified atom stereocenters. The van der Waals surface area contributed by atoms with Gasteiger partial charge in [-0.1, -0.05) is 0 Å². The summed E-state index contributed by atoms with van der Waals surface area (Å²) in [7, 11) is 1.21. The normalized spacial score (nSPS) is 24.1. The van der Waals surface area contributed by atoms with E-state index in [4.69, 9.17) is 4.74 Å². The van der Waals surface area contributed by atoms with Crippen LogP contribution in [0.2, 0.25) is 0 Å².